The number of carbonyl (C=O) groups is 1. The van der Waals surface area contributed by atoms with E-state index in [1.165, 1.54) is 11.3 Å². The first-order valence-electron chi connectivity index (χ1n) is 5.01. The maximum absolute atomic E-state index is 11.6. The largest absolute Gasteiger partial charge is 0.375 e. The van der Waals surface area contributed by atoms with Crippen LogP contribution in [0.2, 0.25) is 0 Å². The Morgan fingerprint density at radius 3 is 3.00 bits per heavy atom. The lowest BCUT2D eigenvalue weighted by molar-refractivity contribution is -0.120. The number of nitrogens with zero attached hydrogens (tertiary/aromatic N) is 2. The lowest BCUT2D eigenvalue weighted by Crippen LogP contribution is -2.24. The zero-order valence-corrected chi connectivity index (χ0v) is 10.9. The van der Waals surface area contributed by atoms with E-state index in [-0.39, 0.29) is 12.3 Å². The van der Waals surface area contributed by atoms with Gasteiger partial charge >= 0.3 is 0 Å². The number of aryl methyl sites for hydroxylation is 1. The number of hydrogen-bond acceptors (Lipinski definition) is 6. The summed E-state index contributed by atoms with van der Waals surface area (Å²) in [4.78, 5) is 20.9. The fourth-order valence-corrected chi connectivity index (χ4v) is 2.58. The highest BCUT2D eigenvalue weighted by atomic mass is 32.1. The van der Waals surface area contributed by atoms with Crippen molar-refractivity contribution < 1.29 is 4.79 Å². The summed E-state index contributed by atoms with van der Waals surface area (Å²) in [6.07, 6.45) is 2.06. The number of anilines is 1. The molecule has 17 heavy (non-hydrogen) atoms. The summed E-state index contributed by atoms with van der Waals surface area (Å²) in [5.41, 5.74) is 6.20. The highest BCUT2D eigenvalue weighted by Gasteiger charge is 2.07. The number of nitrogens with one attached hydrogen (secondary N) is 1. The molecule has 0 saturated heterocycles. The van der Waals surface area contributed by atoms with Crippen molar-refractivity contribution >= 4 is 33.7 Å². The molecule has 0 fully saturated rings. The third-order valence-corrected chi connectivity index (χ3v) is 3.65. The second kappa shape index (κ2) is 5.24. The van der Waals surface area contributed by atoms with E-state index < -0.39 is 0 Å². The highest BCUT2D eigenvalue weighted by molar-refractivity contribution is 7.13. The maximum Gasteiger partial charge on any atom is 0.226 e. The molecule has 90 valence electrons. The summed E-state index contributed by atoms with van der Waals surface area (Å²) in [7, 11) is 0. The van der Waals surface area contributed by atoms with Crippen LogP contribution >= 0.6 is 22.7 Å². The molecule has 3 N–H and O–H groups in total. The monoisotopic (exact) mass is 268 g/mol. The highest BCUT2D eigenvalue weighted by Crippen LogP contribution is 2.12. The van der Waals surface area contributed by atoms with E-state index in [0.29, 0.717) is 17.4 Å². The molecule has 0 aromatic carbocycles. The Morgan fingerprint density at radius 2 is 2.41 bits per heavy atom. The maximum atomic E-state index is 11.6. The summed E-state index contributed by atoms with van der Waals surface area (Å²) in [6, 6.07) is 0. The van der Waals surface area contributed by atoms with E-state index in [1.807, 2.05) is 6.92 Å². The molecule has 2 aromatic rings. The van der Waals surface area contributed by atoms with Crippen molar-refractivity contribution in [1.29, 1.82) is 0 Å². The Kier molecular flexibility index (Phi) is 3.70. The Bertz CT molecular complexity index is 520. The first kappa shape index (κ1) is 12.0. The van der Waals surface area contributed by atoms with Crippen molar-refractivity contribution in [2.75, 3.05) is 5.73 Å². The van der Waals surface area contributed by atoms with Crippen LogP contribution in [0.5, 0.6) is 0 Å². The molecule has 0 bridgehead atoms. The van der Waals surface area contributed by atoms with E-state index in [1.54, 1.807) is 22.9 Å². The van der Waals surface area contributed by atoms with Crippen LogP contribution in [0.25, 0.3) is 0 Å². The van der Waals surface area contributed by atoms with Gasteiger partial charge in [0.1, 0.15) is 5.01 Å². The normalized spacial score (nSPS) is 10.4. The van der Waals surface area contributed by atoms with Crippen molar-refractivity contribution in [2.24, 2.45) is 0 Å². The van der Waals surface area contributed by atoms with Crippen molar-refractivity contribution in [3.63, 3.8) is 0 Å². The Labute approximate surface area is 107 Å². The molecule has 0 unspecified atom stereocenters. The topological polar surface area (TPSA) is 80.9 Å². The Hall–Kier alpha value is -1.47. The van der Waals surface area contributed by atoms with Gasteiger partial charge in [0, 0.05) is 16.5 Å². The lowest BCUT2D eigenvalue weighted by Gasteiger charge is -2.00. The number of nitrogens with two attached hydrogens (primary N) is 1. The molecule has 2 heterocycles. The van der Waals surface area contributed by atoms with E-state index in [0.717, 1.165) is 9.88 Å². The molecule has 0 aliphatic carbocycles. The summed E-state index contributed by atoms with van der Waals surface area (Å²) < 4.78 is 0. The Morgan fingerprint density at radius 1 is 1.59 bits per heavy atom. The lowest BCUT2D eigenvalue weighted by atomic mass is 10.3. The minimum atomic E-state index is -0.0665. The van der Waals surface area contributed by atoms with Crippen LogP contribution < -0.4 is 11.1 Å². The summed E-state index contributed by atoms with van der Waals surface area (Å²) >= 11 is 2.92. The predicted octanol–water partition coefficient (Wildman–Crippen LogP) is 1.35. The molecular weight excluding hydrogens is 256 g/mol. The predicted molar refractivity (Wildman–Crippen MR) is 68.9 cm³/mol. The standard InChI is InChI=1S/C10H12N4OS2/c1-6-3-13-9(17-6)4-12-8(15)2-7-5-16-10(11)14-7/h3,5H,2,4H2,1H3,(H2,11,14)(H,12,15). The fourth-order valence-electron chi connectivity index (χ4n) is 1.29. The fraction of sp³-hybridized carbons (Fsp3) is 0.300. The summed E-state index contributed by atoms with van der Waals surface area (Å²) in [5.74, 6) is -0.0665. The van der Waals surface area contributed by atoms with E-state index >= 15 is 0 Å². The van der Waals surface area contributed by atoms with Gasteiger partial charge in [-0.2, -0.15) is 0 Å². The SMILES string of the molecule is Cc1cnc(CNC(=O)Cc2csc(N)n2)s1. The molecule has 0 aliphatic rings. The molecular formula is C10H12N4OS2. The number of nitrogen functional groups attached to an aromatic ring is 1. The van der Waals surface area contributed by atoms with Crippen molar-refractivity contribution in [1.82, 2.24) is 15.3 Å². The molecule has 5 nitrogen and oxygen atoms in total. The van der Waals surface area contributed by atoms with Crippen LogP contribution in [0.4, 0.5) is 5.13 Å². The zero-order chi connectivity index (χ0) is 12.3. The number of thiazole rings is 2. The van der Waals surface area contributed by atoms with Gasteiger partial charge in [-0.15, -0.1) is 22.7 Å². The minimum Gasteiger partial charge on any atom is -0.375 e. The molecule has 2 rings (SSSR count). The average molecular weight is 268 g/mol. The molecule has 0 spiro atoms. The number of carbonyl (C=O) groups excluding carboxylic acids is 1. The van der Waals surface area contributed by atoms with Crippen LogP contribution in [-0.4, -0.2) is 15.9 Å². The van der Waals surface area contributed by atoms with Gasteiger partial charge < -0.3 is 11.1 Å². The van der Waals surface area contributed by atoms with Gasteiger partial charge in [-0.1, -0.05) is 0 Å². The number of amides is 1. The molecule has 2 aromatic heterocycles. The molecule has 7 heteroatoms. The second-order valence-corrected chi connectivity index (χ2v) is 5.70. The molecule has 1 amide bonds. The number of aromatic nitrogens is 2. The molecule has 0 saturated carbocycles. The van der Waals surface area contributed by atoms with Gasteiger partial charge in [0.2, 0.25) is 5.91 Å². The first-order valence-corrected chi connectivity index (χ1v) is 6.71. The van der Waals surface area contributed by atoms with Gasteiger partial charge in [0.15, 0.2) is 5.13 Å². The molecule has 0 aliphatic heterocycles. The summed E-state index contributed by atoms with van der Waals surface area (Å²) in [6.45, 7) is 2.46. The van der Waals surface area contributed by atoms with Crippen molar-refractivity contribution in [2.45, 2.75) is 19.9 Å². The van der Waals surface area contributed by atoms with E-state index in [2.05, 4.69) is 15.3 Å². The quantitative estimate of drug-likeness (QED) is 0.877. The van der Waals surface area contributed by atoms with Gasteiger partial charge in [-0.25, -0.2) is 9.97 Å². The van der Waals surface area contributed by atoms with Crippen molar-refractivity contribution in [3.05, 3.63) is 27.2 Å². The minimum absolute atomic E-state index is 0.0665. The van der Waals surface area contributed by atoms with Crippen LogP contribution in [-0.2, 0) is 17.8 Å². The van der Waals surface area contributed by atoms with Crippen LogP contribution in [0.3, 0.4) is 0 Å². The Balaban J connectivity index is 1.82. The van der Waals surface area contributed by atoms with E-state index in [9.17, 15) is 4.79 Å². The van der Waals surface area contributed by atoms with Gasteiger partial charge in [0.25, 0.3) is 0 Å². The van der Waals surface area contributed by atoms with Gasteiger partial charge in [-0.05, 0) is 6.92 Å². The first-order chi connectivity index (χ1) is 8.13. The van der Waals surface area contributed by atoms with Crippen LogP contribution in [0.1, 0.15) is 15.6 Å². The second-order valence-electron chi connectivity index (χ2n) is 3.50. The number of rotatable bonds is 4. The number of hydrogen-bond donors (Lipinski definition) is 2. The van der Waals surface area contributed by atoms with Gasteiger partial charge in [-0.3, -0.25) is 4.79 Å². The van der Waals surface area contributed by atoms with Crippen LogP contribution in [0, 0.1) is 6.92 Å². The third-order valence-electron chi connectivity index (χ3n) is 2.02. The van der Waals surface area contributed by atoms with Crippen molar-refractivity contribution in [3.8, 4) is 0 Å². The molecule has 0 atom stereocenters. The van der Waals surface area contributed by atoms with Gasteiger partial charge in [0.05, 0.1) is 18.7 Å². The zero-order valence-electron chi connectivity index (χ0n) is 9.27. The summed E-state index contributed by atoms with van der Waals surface area (Å²) in [5, 5.41) is 6.00. The average Bonchev–Trinajstić information content (AvgIpc) is 2.85. The molecule has 0 radical (unpaired) electrons. The third kappa shape index (κ3) is 3.50. The van der Waals surface area contributed by atoms with Crippen LogP contribution in [0.15, 0.2) is 11.6 Å². The smallest absolute Gasteiger partial charge is 0.226 e. The van der Waals surface area contributed by atoms with E-state index in [4.69, 9.17) is 5.73 Å².